The highest BCUT2D eigenvalue weighted by Crippen LogP contribution is 1.96. The second kappa shape index (κ2) is 5.50. The SMILES string of the molecule is OCCCOC=C(F)F. The Morgan fingerprint density at radius 1 is 1.56 bits per heavy atom. The van der Waals surface area contributed by atoms with Gasteiger partial charge in [0.15, 0.2) is 0 Å². The number of hydrogen-bond acceptors (Lipinski definition) is 2. The molecule has 0 bridgehead atoms. The Morgan fingerprint density at radius 3 is 2.67 bits per heavy atom. The third-order valence-electron chi connectivity index (χ3n) is 0.593. The molecular weight excluding hydrogens is 130 g/mol. The van der Waals surface area contributed by atoms with Gasteiger partial charge < -0.3 is 9.84 Å². The van der Waals surface area contributed by atoms with Crippen LogP contribution in [-0.2, 0) is 4.74 Å². The Bertz CT molecular complexity index is 89.0. The molecule has 0 saturated carbocycles. The van der Waals surface area contributed by atoms with E-state index in [1.165, 1.54) is 0 Å². The Hall–Kier alpha value is -0.640. The van der Waals surface area contributed by atoms with Gasteiger partial charge >= 0.3 is 6.08 Å². The summed E-state index contributed by atoms with van der Waals surface area (Å²) in [5, 5.41) is 8.14. The summed E-state index contributed by atoms with van der Waals surface area (Å²) in [7, 11) is 0. The van der Waals surface area contributed by atoms with Crippen molar-refractivity contribution >= 4 is 0 Å². The van der Waals surface area contributed by atoms with E-state index in [0.29, 0.717) is 12.7 Å². The molecule has 0 heterocycles. The molecule has 0 aliphatic heterocycles. The van der Waals surface area contributed by atoms with E-state index in [-0.39, 0.29) is 13.2 Å². The highest BCUT2D eigenvalue weighted by Gasteiger charge is 1.86. The third-order valence-corrected chi connectivity index (χ3v) is 0.593. The van der Waals surface area contributed by atoms with Gasteiger partial charge in [0.25, 0.3) is 0 Å². The van der Waals surface area contributed by atoms with Crippen molar-refractivity contribution in [1.82, 2.24) is 0 Å². The van der Waals surface area contributed by atoms with E-state index in [1.807, 2.05) is 0 Å². The molecule has 0 spiro atoms. The van der Waals surface area contributed by atoms with Crippen LogP contribution in [0.15, 0.2) is 12.3 Å². The number of aliphatic hydroxyl groups is 1. The van der Waals surface area contributed by atoms with Crippen LogP contribution >= 0.6 is 0 Å². The van der Waals surface area contributed by atoms with Crippen molar-refractivity contribution < 1.29 is 18.6 Å². The standard InChI is InChI=1S/C5H8F2O2/c6-5(7)4-9-3-1-2-8/h4,8H,1-3H2. The van der Waals surface area contributed by atoms with Crippen LogP contribution in [0.25, 0.3) is 0 Å². The van der Waals surface area contributed by atoms with Gasteiger partial charge in [0.2, 0.25) is 0 Å². The predicted molar refractivity (Wildman–Crippen MR) is 28.0 cm³/mol. The zero-order valence-corrected chi connectivity index (χ0v) is 4.81. The maximum Gasteiger partial charge on any atom is 0.304 e. The lowest BCUT2D eigenvalue weighted by Crippen LogP contribution is -1.90. The first-order valence-electron chi connectivity index (χ1n) is 2.51. The van der Waals surface area contributed by atoms with E-state index in [2.05, 4.69) is 4.74 Å². The molecule has 2 nitrogen and oxygen atoms in total. The molecule has 0 unspecified atom stereocenters. The summed E-state index contributed by atoms with van der Waals surface area (Å²) in [4.78, 5) is 0. The van der Waals surface area contributed by atoms with Crippen molar-refractivity contribution in [2.45, 2.75) is 6.42 Å². The highest BCUT2D eigenvalue weighted by atomic mass is 19.3. The summed E-state index contributed by atoms with van der Waals surface area (Å²) in [5.74, 6) is 0. The van der Waals surface area contributed by atoms with Crippen molar-refractivity contribution in [3.8, 4) is 0 Å². The van der Waals surface area contributed by atoms with E-state index in [1.54, 1.807) is 0 Å². The van der Waals surface area contributed by atoms with Gasteiger partial charge in [0.1, 0.15) is 6.26 Å². The van der Waals surface area contributed by atoms with Gasteiger partial charge in [-0.3, -0.25) is 0 Å². The van der Waals surface area contributed by atoms with Crippen molar-refractivity contribution in [3.63, 3.8) is 0 Å². The van der Waals surface area contributed by atoms with Gasteiger partial charge in [0, 0.05) is 13.0 Å². The predicted octanol–water partition coefficient (Wildman–Crippen LogP) is 1.12. The zero-order chi connectivity index (χ0) is 7.11. The summed E-state index contributed by atoms with van der Waals surface area (Å²) in [6.45, 7) is 0.0928. The van der Waals surface area contributed by atoms with Gasteiger partial charge in [-0.05, 0) is 0 Å². The summed E-state index contributed by atoms with van der Waals surface area (Å²) in [6, 6.07) is 0. The van der Waals surface area contributed by atoms with Gasteiger partial charge in [-0.25, -0.2) is 0 Å². The van der Waals surface area contributed by atoms with Crippen LogP contribution in [0.5, 0.6) is 0 Å². The third kappa shape index (κ3) is 7.36. The van der Waals surface area contributed by atoms with E-state index in [0.717, 1.165) is 0 Å². The van der Waals surface area contributed by atoms with Crippen LogP contribution < -0.4 is 0 Å². The number of aliphatic hydroxyl groups excluding tert-OH is 1. The molecule has 0 aromatic heterocycles. The maximum absolute atomic E-state index is 11.1. The minimum atomic E-state index is -1.85. The van der Waals surface area contributed by atoms with Crippen LogP contribution in [0.3, 0.4) is 0 Å². The first-order chi connectivity index (χ1) is 4.27. The Morgan fingerprint density at radius 2 is 2.22 bits per heavy atom. The molecule has 54 valence electrons. The molecule has 0 rings (SSSR count). The molecular formula is C5H8F2O2. The van der Waals surface area contributed by atoms with Crippen molar-refractivity contribution in [1.29, 1.82) is 0 Å². The van der Waals surface area contributed by atoms with Crippen LogP contribution in [0.2, 0.25) is 0 Å². The van der Waals surface area contributed by atoms with Gasteiger partial charge in [0.05, 0.1) is 6.61 Å². The van der Waals surface area contributed by atoms with Gasteiger partial charge in [-0.1, -0.05) is 0 Å². The number of rotatable bonds is 4. The minimum absolute atomic E-state index is 0.0399. The minimum Gasteiger partial charge on any atom is -0.496 e. The Labute approximate surface area is 51.7 Å². The van der Waals surface area contributed by atoms with Crippen molar-refractivity contribution in [2.24, 2.45) is 0 Å². The second-order valence-corrected chi connectivity index (χ2v) is 1.36. The average Bonchev–Trinajstić information content (AvgIpc) is 1.80. The molecule has 0 aliphatic carbocycles. The molecule has 1 N–H and O–H groups in total. The highest BCUT2D eigenvalue weighted by molar-refractivity contribution is 4.69. The lowest BCUT2D eigenvalue weighted by molar-refractivity contribution is 0.187. The van der Waals surface area contributed by atoms with E-state index < -0.39 is 6.08 Å². The van der Waals surface area contributed by atoms with Crippen LogP contribution in [0, 0.1) is 0 Å². The van der Waals surface area contributed by atoms with Crippen molar-refractivity contribution in [3.05, 3.63) is 12.3 Å². The van der Waals surface area contributed by atoms with E-state index in [4.69, 9.17) is 5.11 Å². The normalized spacial score (nSPS) is 8.78. The second-order valence-electron chi connectivity index (χ2n) is 1.36. The topological polar surface area (TPSA) is 29.5 Å². The zero-order valence-electron chi connectivity index (χ0n) is 4.81. The summed E-state index contributed by atoms with van der Waals surface area (Å²) >= 11 is 0. The fourth-order valence-corrected chi connectivity index (χ4v) is 0.270. The Balaban J connectivity index is 3.00. The molecule has 0 aliphatic rings. The first kappa shape index (κ1) is 8.36. The fraction of sp³-hybridized carbons (Fsp3) is 0.600. The molecule has 0 atom stereocenters. The summed E-state index contributed by atoms with van der Waals surface area (Å²) < 4.78 is 26.5. The number of halogens is 2. The molecule has 0 fully saturated rings. The van der Waals surface area contributed by atoms with Crippen LogP contribution in [-0.4, -0.2) is 18.3 Å². The van der Waals surface area contributed by atoms with Crippen LogP contribution in [0.1, 0.15) is 6.42 Å². The largest absolute Gasteiger partial charge is 0.496 e. The quantitative estimate of drug-likeness (QED) is 0.466. The van der Waals surface area contributed by atoms with Gasteiger partial charge in [-0.2, -0.15) is 8.78 Å². The molecule has 4 heteroatoms. The average molecular weight is 138 g/mol. The lowest BCUT2D eigenvalue weighted by atomic mass is 10.5. The fourth-order valence-electron chi connectivity index (χ4n) is 0.270. The monoisotopic (exact) mass is 138 g/mol. The van der Waals surface area contributed by atoms with E-state index >= 15 is 0 Å². The summed E-state index contributed by atoms with van der Waals surface area (Å²) in [6.07, 6.45) is -1.10. The molecule has 0 aromatic carbocycles. The molecule has 0 amide bonds. The summed E-state index contributed by atoms with van der Waals surface area (Å²) in [5.41, 5.74) is 0. The number of ether oxygens (including phenoxy) is 1. The molecule has 0 saturated heterocycles. The van der Waals surface area contributed by atoms with Crippen LogP contribution in [0.4, 0.5) is 8.78 Å². The molecule has 0 radical (unpaired) electrons. The molecule has 9 heavy (non-hydrogen) atoms. The molecule has 0 aromatic rings. The first-order valence-corrected chi connectivity index (χ1v) is 2.51. The van der Waals surface area contributed by atoms with Crippen molar-refractivity contribution in [2.75, 3.05) is 13.2 Å². The van der Waals surface area contributed by atoms with E-state index in [9.17, 15) is 8.78 Å². The maximum atomic E-state index is 11.1. The van der Waals surface area contributed by atoms with Gasteiger partial charge in [-0.15, -0.1) is 0 Å². The smallest absolute Gasteiger partial charge is 0.304 e. The number of hydrogen-bond donors (Lipinski definition) is 1. The Kier molecular flexibility index (Phi) is 5.11. The lowest BCUT2D eigenvalue weighted by Gasteiger charge is -1.94.